The Balaban J connectivity index is 1.36. The Kier molecular flexibility index (Phi) is 7.87. The lowest BCUT2D eigenvalue weighted by molar-refractivity contribution is -0.122. The maximum Gasteiger partial charge on any atom is 0.220 e. The van der Waals surface area contributed by atoms with E-state index >= 15 is 0 Å². The second kappa shape index (κ2) is 11.4. The second-order valence-electron chi connectivity index (χ2n) is 9.47. The van der Waals surface area contributed by atoms with Gasteiger partial charge in [-0.2, -0.15) is 0 Å². The molecule has 3 aromatic rings. The van der Waals surface area contributed by atoms with Crippen LogP contribution in [0.4, 0.5) is 0 Å². The maximum atomic E-state index is 12.6. The van der Waals surface area contributed by atoms with E-state index in [9.17, 15) is 4.79 Å². The summed E-state index contributed by atoms with van der Waals surface area (Å²) in [5.74, 6) is 0.798. The fraction of sp³-hybridized carbons (Fsp3) is 0.367. The van der Waals surface area contributed by atoms with E-state index < -0.39 is 0 Å². The van der Waals surface area contributed by atoms with Crippen LogP contribution in [0.1, 0.15) is 60.9 Å². The first-order chi connectivity index (χ1) is 16.7. The van der Waals surface area contributed by atoms with E-state index in [1.54, 1.807) is 0 Å². The highest BCUT2D eigenvalue weighted by Gasteiger charge is 2.21. The molecule has 4 heteroatoms. The van der Waals surface area contributed by atoms with Gasteiger partial charge in [-0.3, -0.25) is 4.79 Å². The summed E-state index contributed by atoms with van der Waals surface area (Å²) in [7, 11) is 0. The monoisotopic (exact) mass is 487 g/mol. The van der Waals surface area contributed by atoms with Crippen molar-refractivity contribution in [1.29, 1.82) is 0 Å². The van der Waals surface area contributed by atoms with Crippen molar-refractivity contribution in [1.82, 2.24) is 5.32 Å². The van der Waals surface area contributed by atoms with E-state index in [2.05, 4.69) is 72.1 Å². The van der Waals surface area contributed by atoms with Gasteiger partial charge in [-0.15, -0.1) is 23.1 Å². The lowest BCUT2D eigenvalue weighted by Gasteiger charge is -2.24. The summed E-state index contributed by atoms with van der Waals surface area (Å²) in [6, 6.07) is 17.4. The summed E-state index contributed by atoms with van der Waals surface area (Å²) in [5, 5.41) is 5.13. The highest BCUT2D eigenvalue weighted by atomic mass is 32.2. The van der Waals surface area contributed by atoms with Gasteiger partial charge in [0.15, 0.2) is 0 Å². The van der Waals surface area contributed by atoms with Gasteiger partial charge in [0.2, 0.25) is 5.91 Å². The van der Waals surface area contributed by atoms with E-state index in [4.69, 9.17) is 0 Å². The van der Waals surface area contributed by atoms with Gasteiger partial charge in [-0.25, -0.2) is 0 Å². The molecule has 0 aliphatic heterocycles. The normalized spacial score (nSPS) is 18.4. The van der Waals surface area contributed by atoms with Gasteiger partial charge < -0.3 is 5.32 Å². The smallest absolute Gasteiger partial charge is 0.220 e. The standard InChI is InChI=1S/C30H33NOS2/c32-30(19-23-12-7-13-23)31-21-27-26-20-25(33-24-14-5-2-6-15-24)17-18-29(26)34-28(27)16-8-11-22-9-3-1-4-10-22/h1,3-5,8-11,14,17-18,20,23-24H,2,6-7,12-13,15-16,19,21H2,(H,31,32). The SMILES string of the molecule is O=C(CC1CCC1)NCc1c(CC=Cc2ccccc2)sc2ccc(SC3C=CCCC3)cc12. The molecule has 1 aromatic heterocycles. The van der Waals surface area contributed by atoms with E-state index in [0.717, 1.165) is 6.42 Å². The summed E-state index contributed by atoms with van der Waals surface area (Å²) in [6.07, 6.45) is 18.2. The Morgan fingerprint density at radius 1 is 1.09 bits per heavy atom. The van der Waals surface area contributed by atoms with Gasteiger partial charge in [-0.05, 0) is 72.7 Å². The molecule has 0 saturated heterocycles. The Bertz CT molecular complexity index is 1170. The van der Waals surface area contributed by atoms with Crippen molar-refractivity contribution >= 4 is 45.2 Å². The fourth-order valence-electron chi connectivity index (χ4n) is 4.75. The second-order valence-corrected chi connectivity index (χ2v) is 11.9. The number of rotatable bonds is 9. The van der Waals surface area contributed by atoms with Crippen LogP contribution in [-0.2, 0) is 17.8 Å². The molecule has 0 bridgehead atoms. The van der Waals surface area contributed by atoms with Crippen LogP contribution >= 0.6 is 23.1 Å². The van der Waals surface area contributed by atoms with E-state index in [1.807, 2.05) is 29.2 Å². The Labute approximate surface area is 211 Å². The van der Waals surface area contributed by atoms with Crippen LogP contribution in [0.3, 0.4) is 0 Å². The number of thiophene rings is 1. The van der Waals surface area contributed by atoms with Crippen LogP contribution in [0.15, 0.2) is 71.7 Å². The Morgan fingerprint density at radius 3 is 2.74 bits per heavy atom. The molecule has 0 spiro atoms. The fourth-order valence-corrected chi connectivity index (χ4v) is 7.08. The summed E-state index contributed by atoms with van der Waals surface area (Å²) in [4.78, 5) is 15.3. The highest BCUT2D eigenvalue weighted by molar-refractivity contribution is 8.00. The van der Waals surface area contributed by atoms with Crippen LogP contribution in [-0.4, -0.2) is 11.2 Å². The Hall–Kier alpha value is -2.30. The minimum absolute atomic E-state index is 0.202. The van der Waals surface area contributed by atoms with Crippen molar-refractivity contribution in [2.75, 3.05) is 0 Å². The average molecular weight is 488 g/mol. The molecule has 1 unspecified atom stereocenters. The summed E-state index contributed by atoms with van der Waals surface area (Å²) in [6.45, 7) is 0.623. The van der Waals surface area contributed by atoms with E-state index in [1.165, 1.54) is 69.5 Å². The molecular formula is C30H33NOS2. The topological polar surface area (TPSA) is 29.1 Å². The zero-order valence-electron chi connectivity index (χ0n) is 19.7. The minimum Gasteiger partial charge on any atom is -0.352 e. The number of carbonyl (C=O) groups excluding carboxylic acids is 1. The molecule has 2 nitrogen and oxygen atoms in total. The summed E-state index contributed by atoms with van der Waals surface area (Å²) >= 11 is 3.84. The van der Waals surface area contributed by atoms with Crippen molar-refractivity contribution in [2.24, 2.45) is 5.92 Å². The minimum atomic E-state index is 0.202. The lowest BCUT2D eigenvalue weighted by atomic mass is 9.83. The number of thioether (sulfide) groups is 1. The number of amides is 1. The number of benzene rings is 2. The van der Waals surface area contributed by atoms with Crippen molar-refractivity contribution in [3.63, 3.8) is 0 Å². The van der Waals surface area contributed by atoms with Gasteiger partial charge in [0.25, 0.3) is 0 Å². The molecule has 1 amide bonds. The molecule has 34 heavy (non-hydrogen) atoms. The third-order valence-electron chi connectivity index (χ3n) is 6.92. The van der Waals surface area contributed by atoms with Crippen molar-refractivity contribution in [3.8, 4) is 0 Å². The molecular weight excluding hydrogens is 454 g/mol. The third-order valence-corrected chi connectivity index (χ3v) is 9.37. The first-order valence-electron chi connectivity index (χ1n) is 12.6. The van der Waals surface area contributed by atoms with Gasteiger partial charge in [0.05, 0.1) is 0 Å². The van der Waals surface area contributed by atoms with E-state index in [0.29, 0.717) is 24.1 Å². The number of hydrogen-bond acceptors (Lipinski definition) is 3. The molecule has 2 aromatic carbocycles. The van der Waals surface area contributed by atoms with Crippen LogP contribution in [0.2, 0.25) is 0 Å². The molecule has 2 aliphatic carbocycles. The molecule has 1 N–H and O–H groups in total. The highest BCUT2D eigenvalue weighted by Crippen LogP contribution is 2.37. The number of allylic oxidation sites excluding steroid dienone is 2. The van der Waals surface area contributed by atoms with E-state index in [-0.39, 0.29) is 5.91 Å². The summed E-state index contributed by atoms with van der Waals surface area (Å²) in [5.41, 5.74) is 2.51. The molecule has 1 fully saturated rings. The largest absolute Gasteiger partial charge is 0.352 e. The number of fused-ring (bicyclic) bond motifs is 1. The van der Waals surface area contributed by atoms with Crippen molar-refractivity contribution in [2.45, 2.75) is 68.1 Å². The molecule has 2 aliphatic rings. The first kappa shape index (κ1) is 23.4. The number of hydrogen-bond donors (Lipinski definition) is 1. The quantitative estimate of drug-likeness (QED) is 0.308. The predicted octanol–water partition coefficient (Wildman–Crippen LogP) is 8.16. The lowest BCUT2D eigenvalue weighted by Crippen LogP contribution is -2.27. The zero-order chi connectivity index (χ0) is 23.2. The van der Waals surface area contributed by atoms with Crippen LogP contribution in [0.25, 0.3) is 16.2 Å². The van der Waals surface area contributed by atoms with Crippen molar-refractivity contribution < 1.29 is 4.79 Å². The van der Waals surface area contributed by atoms with Gasteiger partial charge in [0.1, 0.15) is 0 Å². The summed E-state index contributed by atoms with van der Waals surface area (Å²) < 4.78 is 1.31. The zero-order valence-corrected chi connectivity index (χ0v) is 21.3. The molecule has 1 saturated carbocycles. The van der Waals surface area contributed by atoms with Crippen LogP contribution in [0, 0.1) is 5.92 Å². The molecule has 1 heterocycles. The average Bonchev–Trinajstić information content (AvgIpc) is 3.18. The van der Waals surface area contributed by atoms with Crippen LogP contribution < -0.4 is 5.32 Å². The Morgan fingerprint density at radius 2 is 1.97 bits per heavy atom. The van der Waals surface area contributed by atoms with Gasteiger partial charge in [-0.1, -0.05) is 61.1 Å². The van der Waals surface area contributed by atoms with Crippen molar-refractivity contribution in [3.05, 3.63) is 82.8 Å². The predicted molar refractivity (Wildman–Crippen MR) is 147 cm³/mol. The molecule has 176 valence electrons. The molecule has 1 atom stereocenters. The molecule has 5 rings (SSSR count). The number of nitrogens with one attached hydrogen (secondary N) is 1. The first-order valence-corrected chi connectivity index (χ1v) is 14.3. The molecule has 0 radical (unpaired) electrons. The van der Waals surface area contributed by atoms with Crippen LogP contribution in [0.5, 0.6) is 0 Å². The third kappa shape index (κ3) is 6.03. The van der Waals surface area contributed by atoms with Gasteiger partial charge >= 0.3 is 0 Å². The maximum absolute atomic E-state index is 12.6. The van der Waals surface area contributed by atoms with Gasteiger partial charge in [0, 0.05) is 39.1 Å². The number of carbonyl (C=O) groups is 1.